The van der Waals surface area contributed by atoms with E-state index in [4.69, 9.17) is 5.11 Å². The van der Waals surface area contributed by atoms with Gasteiger partial charge >= 0.3 is 5.97 Å². The molecule has 0 radical (unpaired) electrons. The van der Waals surface area contributed by atoms with Crippen molar-refractivity contribution in [1.82, 2.24) is 14.9 Å². The van der Waals surface area contributed by atoms with Crippen LogP contribution in [0, 0.1) is 0 Å². The summed E-state index contributed by atoms with van der Waals surface area (Å²) in [4.78, 5) is 10.4. The van der Waals surface area contributed by atoms with Gasteiger partial charge in [-0.1, -0.05) is 24.3 Å². The molecule has 0 bridgehead atoms. The Hall–Kier alpha value is -2.45. The van der Waals surface area contributed by atoms with Gasteiger partial charge in [0, 0.05) is 12.6 Å². The van der Waals surface area contributed by atoms with E-state index in [1.165, 1.54) is 18.3 Å². The van der Waals surface area contributed by atoms with Crippen LogP contribution in [0.5, 0.6) is 0 Å². The molecular weight excluding hydrogens is 294 g/mol. The van der Waals surface area contributed by atoms with Crippen molar-refractivity contribution in [3.63, 3.8) is 0 Å². The summed E-state index contributed by atoms with van der Waals surface area (Å²) in [5.74, 6) is -1.02. The van der Waals surface area contributed by atoms with Crippen LogP contribution in [-0.2, 0) is 21.4 Å². The molecule has 0 atom stereocenters. The second kappa shape index (κ2) is 6.33. The molecule has 0 saturated carbocycles. The van der Waals surface area contributed by atoms with Gasteiger partial charge in [0.15, 0.2) is 5.03 Å². The van der Waals surface area contributed by atoms with Gasteiger partial charge in [-0.05, 0) is 23.3 Å². The highest BCUT2D eigenvalue weighted by molar-refractivity contribution is 7.89. The predicted molar refractivity (Wildman–Crippen MR) is 75.7 cm³/mol. The zero-order valence-corrected chi connectivity index (χ0v) is 11.7. The fourth-order valence-corrected chi connectivity index (χ4v) is 2.49. The van der Waals surface area contributed by atoms with Gasteiger partial charge in [0.05, 0.1) is 6.20 Å². The zero-order valence-electron chi connectivity index (χ0n) is 10.9. The number of aromatic nitrogens is 2. The maximum absolute atomic E-state index is 11.9. The minimum Gasteiger partial charge on any atom is -0.478 e. The number of H-pyrrole nitrogens is 1. The summed E-state index contributed by atoms with van der Waals surface area (Å²) in [6, 6.07) is 8.22. The maximum Gasteiger partial charge on any atom is 0.328 e. The molecule has 7 nitrogen and oxygen atoms in total. The molecular formula is C13H13N3O4S. The molecule has 2 rings (SSSR count). The van der Waals surface area contributed by atoms with E-state index in [9.17, 15) is 13.2 Å². The maximum atomic E-state index is 11.9. The molecule has 0 saturated heterocycles. The number of sulfonamides is 1. The Morgan fingerprint density at radius 1 is 1.29 bits per heavy atom. The molecule has 0 unspecified atom stereocenters. The Morgan fingerprint density at radius 2 is 2.00 bits per heavy atom. The first-order valence-corrected chi connectivity index (χ1v) is 7.45. The van der Waals surface area contributed by atoms with Crippen molar-refractivity contribution in [3.05, 3.63) is 53.7 Å². The topological polar surface area (TPSA) is 112 Å². The third-order valence-corrected chi connectivity index (χ3v) is 3.96. The molecule has 0 spiro atoms. The number of rotatable bonds is 6. The second-order valence-corrected chi connectivity index (χ2v) is 5.89. The van der Waals surface area contributed by atoms with Gasteiger partial charge in [0.2, 0.25) is 0 Å². The number of benzene rings is 1. The molecule has 110 valence electrons. The van der Waals surface area contributed by atoms with E-state index in [1.54, 1.807) is 24.3 Å². The smallest absolute Gasteiger partial charge is 0.328 e. The number of aromatic amines is 1. The lowest BCUT2D eigenvalue weighted by Crippen LogP contribution is -2.23. The van der Waals surface area contributed by atoms with Crippen LogP contribution in [0.2, 0.25) is 0 Å². The molecule has 2 aromatic rings. The summed E-state index contributed by atoms with van der Waals surface area (Å²) in [7, 11) is -3.61. The molecule has 8 heteroatoms. The Labute approximate surface area is 121 Å². The highest BCUT2D eigenvalue weighted by atomic mass is 32.2. The summed E-state index contributed by atoms with van der Waals surface area (Å²) in [6.07, 6.45) is 3.86. The number of aliphatic carboxylic acids is 1. The molecule has 0 aliphatic heterocycles. The van der Waals surface area contributed by atoms with Crippen molar-refractivity contribution in [2.24, 2.45) is 0 Å². The molecule has 21 heavy (non-hydrogen) atoms. The summed E-state index contributed by atoms with van der Waals surface area (Å²) in [6.45, 7) is 0.129. The van der Waals surface area contributed by atoms with E-state index in [2.05, 4.69) is 14.9 Å². The third kappa shape index (κ3) is 4.26. The number of carboxylic acid groups (broad SMARTS) is 1. The van der Waals surface area contributed by atoms with Gasteiger partial charge in [-0.2, -0.15) is 5.10 Å². The minimum absolute atomic E-state index is 0.00325. The molecule has 3 N–H and O–H groups in total. The van der Waals surface area contributed by atoms with E-state index in [0.717, 1.165) is 17.2 Å². The SMILES string of the molecule is O=C(O)/C=C/c1ccc(CNS(=O)(=O)c2ccn[nH]2)cc1. The van der Waals surface area contributed by atoms with Crippen LogP contribution in [0.3, 0.4) is 0 Å². The van der Waals surface area contributed by atoms with E-state index < -0.39 is 16.0 Å². The van der Waals surface area contributed by atoms with Crippen molar-refractivity contribution >= 4 is 22.1 Å². The Morgan fingerprint density at radius 3 is 2.57 bits per heavy atom. The van der Waals surface area contributed by atoms with E-state index in [0.29, 0.717) is 0 Å². The van der Waals surface area contributed by atoms with Gasteiger partial charge in [-0.3, -0.25) is 5.10 Å². The van der Waals surface area contributed by atoms with Crippen LogP contribution >= 0.6 is 0 Å². The van der Waals surface area contributed by atoms with Gasteiger partial charge in [0.1, 0.15) is 0 Å². The summed E-state index contributed by atoms with van der Waals surface area (Å²) < 4.78 is 26.1. The van der Waals surface area contributed by atoms with Crippen molar-refractivity contribution in [1.29, 1.82) is 0 Å². The molecule has 0 aliphatic rings. The monoisotopic (exact) mass is 307 g/mol. The highest BCUT2D eigenvalue weighted by Crippen LogP contribution is 2.08. The van der Waals surface area contributed by atoms with Crippen LogP contribution < -0.4 is 4.72 Å². The van der Waals surface area contributed by atoms with Gasteiger partial charge < -0.3 is 5.11 Å². The lowest BCUT2D eigenvalue weighted by atomic mass is 10.1. The normalized spacial score (nSPS) is 11.8. The number of carbonyl (C=O) groups is 1. The first-order valence-electron chi connectivity index (χ1n) is 5.96. The summed E-state index contributed by atoms with van der Waals surface area (Å²) >= 11 is 0. The lowest BCUT2D eigenvalue weighted by Gasteiger charge is -2.05. The van der Waals surface area contributed by atoms with Gasteiger partial charge in [-0.25, -0.2) is 17.9 Å². The molecule has 1 heterocycles. The third-order valence-electron chi connectivity index (χ3n) is 2.63. The first kappa shape index (κ1) is 14.9. The molecule has 0 aliphatic carbocycles. The van der Waals surface area contributed by atoms with Crippen LogP contribution in [0.15, 0.2) is 47.6 Å². The molecule has 0 fully saturated rings. The molecule has 1 aromatic heterocycles. The number of nitrogens with zero attached hydrogens (tertiary/aromatic N) is 1. The van der Waals surface area contributed by atoms with Gasteiger partial charge in [0.25, 0.3) is 10.0 Å². The quantitative estimate of drug-likeness (QED) is 0.689. The Bertz CT molecular complexity index is 734. The summed E-state index contributed by atoms with van der Waals surface area (Å²) in [5.41, 5.74) is 1.48. The van der Waals surface area contributed by atoms with E-state index >= 15 is 0 Å². The highest BCUT2D eigenvalue weighted by Gasteiger charge is 2.14. The average molecular weight is 307 g/mol. The Kier molecular flexibility index (Phi) is 4.51. The second-order valence-electron chi connectivity index (χ2n) is 4.16. The van der Waals surface area contributed by atoms with E-state index in [-0.39, 0.29) is 11.6 Å². The van der Waals surface area contributed by atoms with Crippen LogP contribution in [0.4, 0.5) is 0 Å². The average Bonchev–Trinajstić information content (AvgIpc) is 2.99. The number of hydrogen-bond donors (Lipinski definition) is 3. The van der Waals surface area contributed by atoms with Crippen LogP contribution in [0.1, 0.15) is 11.1 Å². The van der Waals surface area contributed by atoms with Crippen molar-refractivity contribution < 1.29 is 18.3 Å². The first-order chi connectivity index (χ1) is 9.97. The fraction of sp³-hybridized carbons (Fsp3) is 0.0769. The zero-order chi connectivity index (χ0) is 15.3. The van der Waals surface area contributed by atoms with Gasteiger partial charge in [-0.15, -0.1) is 0 Å². The Balaban J connectivity index is 2.00. The standard InChI is InChI=1S/C13H13N3O4S/c17-13(18)6-5-10-1-3-11(4-2-10)9-15-21(19,20)12-7-8-14-16-12/h1-8,15H,9H2,(H,14,16)(H,17,18)/b6-5+. The van der Waals surface area contributed by atoms with E-state index in [1.807, 2.05) is 0 Å². The van der Waals surface area contributed by atoms with Crippen LogP contribution in [-0.4, -0.2) is 29.7 Å². The molecule has 0 amide bonds. The predicted octanol–water partition coefficient (Wildman–Crippen LogP) is 0.986. The fourth-order valence-electron chi connectivity index (χ4n) is 1.56. The number of carboxylic acids is 1. The van der Waals surface area contributed by atoms with Crippen LogP contribution in [0.25, 0.3) is 6.08 Å². The van der Waals surface area contributed by atoms with Crippen molar-refractivity contribution in [2.45, 2.75) is 11.6 Å². The van der Waals surface area contributed by atoms with Crippen molar-refractivity contribution in [2.75, 3.05) is 0 Å². The number of nitrogens with one attached hydrogen (secondary N) is 2. The lowest BCUT2D eigenvalue weighted by molar-refractivity contribution is -0.131. The van der Waals surface area contributed by atoms with Crippen molar-refractivity contribution in [3.8, 4) is 0 Å². The largest absolute Gasteiger partial charge is 0.478 e. The summed E-state index contributed by atoms with van der Waals surface area (Å²) in [5, 5.41) is 14.5. The molecule has 1 aromatic carbocycles. The minimum atomic E-state index is -3.61. The number of hydrogen-bond acceptors (Lipinski definition) is 4.